The highest BCUT2D eigenvalue weighted by molar-refractivity contribution is 5.67. The van der Waals surface area contributed by atoms with Crippen LogP contribution in [0.2, 0.25) is 0 Å². The second-order valence-electron chi connectivity index (χ2n) is 4.41. The molecule has 9 heteroatoms. The van der Waals surface area contributed by atoms with Crippen molar-refractivity contribution < 1.29 is 31.1 Å². The molecule has 0 fully saturated rings. The summed E-state index contributed by atoms with van der Waals surface area (Å²) in [5.74, 6) is 0. The molecule has 0 amide bonds. The molecule has 0 radical (unpaired) electrons. The average Bonchev–Trinajstić information content (AvgIpc) is 2.56. The van der Waals surface area contributed by atoms with Gasteiger partial charge in [0.2, 0.25) is 0 Å². The number of benzene rings is 2. The van der Waals surface area contributed by atoms with Crippen molar-refractivity contribution in [2.75, 3.05) is 11.5 Å². The van der Waals surface area contributed by atoms with Crippen LogP contribution < -0.4 is 11.5 Å². The molecule has 0 aromatic heterocycles. The minimum atomic E-state index is -3.01. The zero-order chi connectivity index (χ0) is 19.0. The molecule has 0 aliphatic heterocycles. The summed E-state index contributed by atoms with van der Waals surface area (Å²) in [7, 11) is 0. The van der Waals surface area contributed by atoms with Crippen LogP contribution >= 0.6 is 0 Å². The zero-order valence-electron chi connectivity index (χ0n) is 12.4. The van der Waals surface area contributed by atoms with E-state index in [4.69, 9.17) is 11.5 Å². The van der Waals surface area contributed by atoms with E-state index in [1.165, 1.54) is 0 Å². The predicted molar refractivity (Wildman–Crippen MR) is 82.5 cm³/mol. The number of ether oxygens (including phenoxy) is 1. The van der Waals surface area contributed by atoms with Gasteiger partial charge in [0, 0.05) is 11.4 Å². The Morgan fingerprint density at radius 2 is 0.840 bits per heavy atom. The Morgan fingerprint density at radius 1 is 0.560 bits per heavy atom. The number of hydrogen-bond acceptors (Lipinski definition) is 3. The van der Waals surface area contributed by atoms with Gasteiger partial charge in [-0.25, -0.2) is 0 Å². The first-order valence-corrected chi connectivity index (χ1v) is 6.51. The molecule has 2 aromatic rings. The van der Waals surface area contributed by atoms with Crippen molar-refractivity contribution in [3.05, 3.63) is 72.7 Å². The third kappa shape index (κ3) is 6.90. The highest BCUT2D eigenvalue weighted by atomic mass is 19.3. The largest absolute Gasteiger partial charge is 0.399 e. The molecule has 0 aliphatic carbocycles. The molecule has 2 aromatic carbocycles. The molecule has 0 saturated heterocycles. The van der Waals surface area contributed by atoms with Crippen LogP contribution in [0.4, 0.5) is 37.7 Å². The molecule has 0 aliphatic rings. The Labute approximate surface area is 138 Å². The lowest BCUT2D eigenvalue weighted by atomic mass is 10.1. The van der Waals surface area contributed by atoms with Gasteiger partial charge in [-0.3, -0.25) is 0 Å². The smallest absolute Gasteiger partial charge is 0.346 e. The van der Waals surface area contributed by atoms with Crippen molar-refractivity contribution in [1.29, 1.82) is 0 Å². The van der Waals surface area contributed by atoms with Crippen molar-refractivity contribution in [2.24, 2.45) is 0 Å². The molecular weight excluding hydrogens is 350 g/mol. The highest BCUT2D eigenvalue weighted by Gasteiger charge is 2.13. The molecule has 2 rings (SSSR count). The van der Waals surface area contributed by atoms with Crippen molar-refractivity contribution in [1.82, 2.24) is 0 Å². The van der Waals surface area contributed by atoms with E-state index in [1.807, 2.05) is 48.5 Å². The van der Waals surface area contributed by atoms with Crippen LogP contribution in [0.3, 0.4) is 0 Å². The summed E-state index contributed by atoms with van der Waals surface area (Å²) < 4.78 is 69.6. The van der Waals surface area contributed by atoms with Gasteiger partial charge in [-0.05, 0) is 35.4 Å². The molecule has 134 valence electrons. The minimum absolute atomic E-state index is 0.782. The van der Waals surface area contributed by atoms with E-state index >= 15 is 0 Å². The number of hydrogen-bond donors (Lipinski definition) is 2. The van der Waals surface area contributed by atoms with Crippen LogP contribution in [0, 0.1) is 0 Å². The second-order valence-corrected chi connectivity index (χ2v) is 4.41. The van der Waals surface area contributed by atoms with Crippen molar-refractivity contribution in [3.8, 4) is 11.1 Å². The summed E-state index contributed by atoms with van der Waals surface area (Å²) in [6, 6.07) is 10.2. The van der Waals surface area contributed by atoms with E-state index in [0.29, 0.717) is 0 Å². The van der Waals surface area contributed by atoms with Crippen LogP contribution in [0.5, 0.6) is 0 Å². The van der Waals surface area contributed by atoms with Gasteiger partial charge in [0.25, 0.3) is 0 Å². The number of rotatable bonds is 3. The molecule has 0 saturated carbocycles. The van der Waals surface area contributed by atoms with Gasteiger partial charge in [-0.1, -0.05) is 24.3 Å². The Balaban J connectivity index is 0.000000260. The van der Waals surface area contributed by atoms with E-state index in [0.717, 1.165) is 22.5 Å². The summed E-state index contributed by atoms with van der Waals surface area (Å²) in [6.45, 7) is 0. The molecular formula is C16H12F6N2O. The van der Waals surface area contributed by atoms with E-state index in [-0.39, 0.29) is 0 Å². The van der Waals surface area contributed by atoms with Crippen LogP contribution in [-0.4, -0.2) is 0 Å². The lowest BCUT2D eigenvalue weighted by molar-refractivity contribution is 0.109. The normalized spacial score (nSPS) is 9.52. The van der Waals surface area contributed by atoms with Gasteiger partial charge in [0.1, 0.15) is 0 Å². The van der Waals surface area contributed by atoms with Gasteiger partial charge in [-0.2, -0.15) is 26.3 Å². The predicted octanol–water partition coefficient (Wildman–Crippen LogP) is 5.59. The number of nitrogens with two attached hydrogens (primary N) is 2. The number of anilines is 2. The van der Waals surface area contributed by atoms with Crippen LogP contribution in [0.15, 0.2) is 72.7 Å². The van der Waals surface area contributed by atoms with E-state index in [9.17, 15) is 26.3 Å². The van der Waals surface area contributed by atoms with E-state index < -0.39 is 24.2 Å². The summed E-state index contributed by atoms with van der Waals surface area (Å²) in [5, 5.41) is 0. The molecule has 3 nitrogen and oxygen atoms in total. The lowest BCUT2D eigenvalue weighted by Crippen LogP contribution is -1.85. The zero-order valence-corrected chi connectivity index (χ0v) is 12.4. The second kappa shape index (κ2) is 9.26. The van der Waals surface area contributed by atoms with Crippen LogP contribution in [0.1, 0.15) is 0 Å². The van der Waals surface area contributed by atoms with Crippen LogP contribution in [-0.2, 0) is 4.74 Å². The number of nitrogen functional groups attached to an aromatic ring is 2. The quantitative estimate of drug-likeness (QED) is 0.425. The molecule has 0 spiro atoms. The van der Waals surface area contributed by atoms with E-state index in [1.54, 1.807) is 0 Å². The Bertz CT molecular complexity index is 684. The minimum Gasteiger partial charge on any atom is -0.399 e. The summed E-state index contributed by atoms with van der Waals surface area (Å²) in [4.78, 5) is 0. The fraction of sp³-hybridized carbons (Fsp3) is 0. The van der Waals surface area contributed by atoms with Gasteiger partial charge in [0.15, 0.2) is 0 Å². The van der Waals surface area contributed by atoms with Crippen molar-refractivity contribution in [2.45, 2.75) is 0 Å². The van der Waals surface area contributed by atoms with Gasteiger partial charge in [-0.15, -0.1) is 0 Å². The molecule has 0 atom stereocenters. The first-order valence-electron chi connectivity index (χ1n) is 6.51. The van der Waals surface area contributed by atoms with Crippen molar-refractivity contribution in [3.63, 3.8) is 0 Å². The highest BCUT2D eigenvalue weighted by Crippen LogP contribution is 2.21. The topological polar surface area (TPSA) is 61.3 Å². The Kier molecular flexibility index (Phi) is 7.39. The van der Waals surface area contributed by atoms with Gasteiger partial charge in [0.05, 0.1) is 0 Å². The first kappa shape index (κ1) is 19.9. The Hall–Kier alpha value is -3.10. The fourth-order valence-corrected chi connectivity index (χ4v) is 1.51. The molecule has 0 unspecified atom stereocenters. The summed E-state index contributed by atoms with van der Waals surface area (Å²) in [6.07, 6.45) is -6.03. The molecule has 4 N–H and O–H groups in total. The summed E-state index contributed by atoms with van der Waals surface area (Å²) in [5.41, 5.74) is 15.1. The first-order chi connectivity index (χ1) is 11.7. The number of halogens is 6. The van der Waals surface area contributed by atoms with E-state index in [2.05, 4.69) is 4.74 Å². The van der Waals surface area contributed by atoms with Crippen molar-refractivity contribution >= 4 is 11.4 Å². The van der Waals surface area contributed by atoms with Gasteiger partial charge < -0.3 is 16.2 Å². The average molecular weight is 362 g/mol. The third-order valence-electron chi connectivity index (χ3n) is 2.63. The lowest BCUT2D eigenvalue weighted by Gasteiger charge is -2.02. The molecule has 0 bridgehead atoms. The molecule has 0 heterocycles. The standard InChI is InChI=1S/C12H12N2.C4F6O/c13-11-5-1-9(2-6-11)10-3-7-12(14)8-4-10;5-1(6)3(9)11-4(10)2(7)8/h1-8H,13-14H2;. The third-order valence-corrected chi connectivity index (χ3v) is 2.63. The molecule has 25 heavy (non-hydrogen) atoms. The Morgan fingerprint density at radius 3 is 1.08 bits per heavy atom. The maximum atomic E-state index is 11.4. The maximum absolute atomic E-state index is 11.4. The fourth-order valence-electron chi connectivity index (χ4n) is 1.51. The maximum Gasteiger partial charge on any atom is 0.346 e. The SMILES string of the molecule is FC(F)=C(F)OC(F)=C(F)F.Nc1ccc(-c2ccc(N)cc2)cc1. The summed E-state index contributed by atoms with van der Waals surface area (Å²) >= 11 is 0. The van der Waals surface area contributed by atoms with Crippen LogP contribution in [0.25, 0.3) is 11.1 Å². The monoisotopic (exact) mass is 362 g/mol. The van der Waals surface area contributed by atoms with Gasteiger partial charge >= 0.3 is 24.2 Å².